The van der Waals surface area contributed by atoms with Crippen molar-refractivity contribution < 1.29 is 11.8 Å². The van der Waals surface area contributed by atoms with Crippen molar-refractivity contribution in [3.05, 3.63) is 0 Å². The van der Waals surface area contributed by atoms with Crippen molar-refractivity contribution in [1.29, 1.82) is 0 Å². The monoisotopic (exact) mass is 192 g/mol. The fourth-order valence-electron chi connectivity index (χ4n) is 0. The van der Waals surface area contributed by atoms with Gasteiger partial charge in [0.05, 0.1) is 0 Å². The summed E-state index contributed by atoms with van der Waals surface area (Å²) >= 11 is -0.1000. The first kappa shape index (κ1) is 9.09. The molecule has 0 aromatic heterocycles. The van der Waals surface area contributed by atoms with Crippen molar-refractivity contribution in [2.24, 2.45) is 0 Å². The van der Waals surface area contributed by atoms with E-state index in [1.807, 2.05) is 0 Å². The number of rotatable bonds is 0. The first-order valence-corrected chi connectivity index (χ1v) is 3.16. The van der Waals surface area contributed by atoms with Gasteiger partial charge in [-0.1, -0.05) is 0 Å². The van der Waals surface area contributed by atoms with Crippen molar-refractivity contribution in [2.45, 2.75) is 0 Å². The molecular weight excluding hydrogens is 191 g/mol. The Hall–Kier alpha value is 0.487. The van der Waals surface area contributed by atoms with Crippen molar-refractivity contribution in [3.63, 3.8) is 0 Å². The van der Waals surface area contributed by atoms with Gasteiger partial charge in [-0.2, -0.15) is 0 Å². The molecule has 0 heterocycles. The molecule has 0 N–H and O–H groups in total. The van der Waals surface area contributed by atoms with Crippen molar-refractivity contribution in [2.75, 3.05) is 0 Å². The van der Waals surface area contributed by atoms with Gasteiger partial charge in [0, 0.05) is 0 Å². The van der Waals surface area contributed by atoms with Gasteiger partial charge in [-0.3, -0.25) is 8.92 Å². The van der Waals surface area contributed by atoms with E-state index in [9.17, 15) is 0 Å². The predicted octanol–water partition coefficient (Wildman–Crippen LogP) is -1.39. The van der Waals surface area contributed by atoms with Crippen LogP contribution < -0.4 is 0 Å². The first-order chi connectivity index (χ1) is 2.41. The molecular formula is HInO3Si. The normalized spacial score (nSPS) is 2.20. The Bertz CT molecular complexity index is 36.2. The Morgan fingerprint density at radius 2 is 1.20 bits per heavy atom. The minimum atomic E-state index is -1.42. The molecule has 5 heteroatoms. The molecule has 0 spiro atoms. The van der Waals surface area contributed by atoms with Crippen molar-refractivity contribution in [3.8, 4) is 0 Å². The van der Waals surface area contributed by atoms with Gasteiger partial charge >= 0.3 is 36.5 Å². The molecule has 0 atom stereocenters. The van der Waals surface area contributed by atoms with Gasteiger partial charge in [0.1, 0.15) is 0 Å². The van der Waals surface area contributed by atoms with Crippen LogP contribution in [0.3, 0.4) is 0 Å². The summed E-state index contributed by atoms with van der Waals surface area (Å²) in [6, 6.07) is 0. The zero-order valence-corrected chi connectivity index (χ0v) is 7.47. The fraction of sp³-hybridized carbons (Fsp3) is 0. The van der Waals surface area contributed by atoms with Gasteiger partial charge in [-0.05, 0) is 0 Å². The van der Waals surface area contributed by atoms with Gasteiger partial charge < -0.3 is 0 Å². The molecule has 0 aromatic rings. The molecule has 0 bridgehead atoms. The third-order valence-corrected chi connectivity index (χ3v) is 0. The van der Waals surface area contributed by atoms with E-state index >= 15 is 0 Å². The molecule has 0 radical (unpaired) electrons. The summed E-state index contributed by atoms with van der Waals surface area (Å²) in [5.74, 6) is 0. The molecule has 0 aliphatic carbocycles. The number of hydrogen-bond donors (Lipinski definition) is 0. The van der Waals surface area contributed by atoms with Crippen LogP contribution >= 0.6 is 0 Å². The summed E-state index contributed by atoms with van der Waals surface area (Å²) in [4.78, 5) is 0. The van der Waals surface area contributed by atoms with Gasteiger partial charge in [-0.15, -0.1) is 0 Å². The predicted molar refractivity (Wildman–Crippen MR) is 15.0 cm³/mol. The molecule has 0 rings (SSSR count). The summed E-state index contributed by atoms with van der Waals surface area (Å²) in [6.45, 7) is 0. The van der Waals surface area contributed by atoms with E-state index in [-0.39, 0.29) is 24.4 Å². The van der Waals surface area contributed by atoms with Crippen LogP contribution in [0.5, 0.6) is 0 Å². The quantitative estimate of drug-likeness (QED) is 0.444. The van der Waals surface area contributed by atoms with Crippen LogP contribution in [0.15, 0.2) is 0 Å². The molecule has 0 aliphatic rings. The average Bonchev–Trinajstić information content (AvgIpc) is 1.46. The van der Waals surface area contributed by atoms with Gasteiger partial charge in [0.15, 0.2) is 0 Å². The second-order valence-electron chi connectivity index (χ2n) is 0.0833. The molecule has 26 valence electrons. The van der Waals surface area contributed by atoms with Crippen LogP contribution in [-0.4, -0.2) is 33.7 Å². The molecule has 3 nitrogen and oxygen atoms in total. The van der Waals surface area contributed by atoms with Gasteiger partial charge in [0.2, 0.25) is 0 Å². The van der Waals surface area contributed by atoms with Crippen LogP contribution in [-0.2, 0) is 11.8 Å². The zero-order chi connectivity index (χ0) is 4.71. The van der Waals surface area contributed by atoms with Gasteiger partial charge in [-0.25, -0.2) is 0 Å². The first-order valence-electron chi connectivity index (χ1n) is 0.697. The van der Waals surface area contributed by atoms with Crippen LogP contribution in [0, 0.1) is 0 Å². The second-order valence-corrected chi connectivity index (χ2v) is 0.250. The maximum atomic E-state index is 8.42. The fourth-order valence-corrected chi connectivity index (χ4v) is 0. The second kappa shape index (κ2) is 24.7. The van der Waals surface area contributed by atoms with Crippen LogP contribution in [0.25, 0.3) is 0 Å². The maximum absolute atomic E-state index is 8.42. The third-order valence-electron chi connectivity index (χ3n) is 0. The molecule has 0 saturated heterocycles. The van der Waals surface area contributed by atoms with E-state index in [2.05, 4.69) is 0 Å². The van der Waals surface area contributed by atoms with E-state index in [1.54, 1.807) is 0 Å². The molecule has 0 aliphatic heterocycles. The molecule has 0 aromatic carbocycles. The summed E-state index contributed by atoms with van der Waals surface area (Å²) in [5, 5.41) is 0. The van der Waals surface area contributed by atoms with E-state index in [1.165, 1.54) is 0 Å². The molecule has 0 unspecified atom stereocenters. The molecule has 0 amide bonds. The topological polar surface area (TPSA) is 51.2 Å². The minimum absolute atomic E-state index is 0.1000. The zero-order valence-electron chi connectivity index (χ0n) is 2.43. The standard InChI is InChI=1S/In.O2Si.O.H/c;1-3-2;;. The van der Waals surface area contributed by atoms with Gasteiger partial charge in [0.25, 0.3) is 0 Å². The van der Waals surface area contributed by atoms with E-state index in [0.717, 1.165) is 0 Å². The van der Waals surface area contributed by atoms with Crippen LogP contribution in [0.1, 0.15) is 0 Å². The number of hydrogen-bond acceptors (Lipinski definition) is 3. The Kier molecular flexibility index (Phi) is 44.8. The third kappa shape index (κ3) is 117. The van der Waals surface area contributed by atoms with E-state index in [4.69, 9.17) is 11.8 Å². The van der Waals surface area contributed by atoms with Crippen LogP contribution in [0.4, 0.5) is 0 Å². The Labute approximate surface area is 45.7 Å². The Morgan fingerprint density at radius 3 is 1.20 bits per heavy atom. The molecule has 5 heavy (non-hydrogen) atoms. The van der Waals surface area contributed by atoms with E-state index < -0.39 is 9.29 Å². The molecule has 0 saturated carbocycles. The van der Waals surface area contributed by atoms with Crippen molar-refractivity contribution >= 4 is 33.7 Å². The van der Waals surface area contributed by atoms with Crippen molar-refractivity contribution in [1.82, 2.24) is 0 Å². The summed E-state index contributed by atoms with van der Waals surface area (Å²) < 4.78 is 25.2. The SMILES string of the molecule is O=[Si]=O.[O]=[InH]. The Morgan fingerprint density at radius 1 is 1.20 bits per heavy atom. The summed E-state index contributed by atoms with van der Waals surface area (Å²) in [5.41, 5.74) is 0. The Balaban J connectivity index is 0. The average molecular weight is 192 g/mol. The van der Waals surface area contributed by atoms with Crippen LogP contribution in [0.2, 0.25) is 0 Å². The molecule has 0 fully saturated rings. The van der Waals surface area contributed by atoms with E-state index in [0.29, 0.717) is 0 Å². The summed E-state index contributed by atoms with van der Waals surface area (Å²) in [7, 11) is -1.42. The summed E-state index contributed by atoms with van der Waals surface area (Å²) in [6.07, 6.45) is 0.